The third-order valence-corrected chi connectivity index (χ3v) is 2.49. The Hall–Kier alpha value is -2.41. The summed E-state index contributed by atoms with van der Waals surface area (Å²) >= 11 is 0. The van der Waals surface area contributed by atoms with Crippen LogP contribution in [0.5, 0.6) is 0 Å². The van der Waals surface area contributed by atoms with Gasteiger partial charge in [0.15, 0.2) is 5.78 Å². The maximum Gasteiger partial charge on any atom is 0.306 e. The highest BCUT2D eigenvalue weighted by Gasteiger charge is 2.09. The second kappa shape index (κ2) is 8.65. The smallest absolute Gasteiger partial charge is 0.306 e. The highest BCUT2D eigenvalue weighted by atomic mass is 16.5. The number of ether oxygens (including phenoxy) is 1. The summed E-state index contributed by atoms with van der Waals surface area (Å²) in [4.78, 5) is 33.1. The van der Waals surface area contributed by atoms with Gasteiger partial charge in [0.1, 0.15) is 6.29 Å². The first-order chi connectivity index (χ1) is 9.67. The fraction of sp³-hybridized carbons (Fsp3) is 0.312. The molecule has 0 aliphatic heterocycles. The van der Waals surface area contributed by atoms with E-state index in [1.54, 1.807) is 31.2 Å². The second-order valence-electron chi connectivity index (χ2n) is 3.98. The second-order valence-corrected chi connectivity index (χ2v) is 3.98. The van der Waals surface area contributed by atoms with E-state index in [1.165, 1.54) is 0 Å². The van der Waals surface area contributed by atoms with Crippen LogP contribution in [0.25, 0.3) is 0 Å². The summed E-state index contributed by atoms with van der Waals surface area (Å²) in [6.07, 6.45) is 1.16. The first kappa shape index (κ1) is 15.6. The monoisotopic (exact) mass is 272 g/mol. The molecule has 0 radical (unpaired) electrons. The van der Waals surface area contributed by atoms with Gasteiger partial charge in [0.05, 0.1) is 19.4 Å². The zero-order valence-corrected chi connectivity index (χ0v) is 11.3. The molecule has 1 aromatic carbocycles. The Labute approximate surface area is 118 Å². The predicted molar refractivity (Wildman–Crippen MR) is 74.2 cm³/mol. The molecule has 1 aromatic rings. The fourth-order valence-corrected chi connectivity index (χ4v) is 1.53. The lowest BCUT2D eigenvalue weighted by Crippen LogP contribution is -2.07. The van der Waals surface area contributed by atoms with E-state index in [4.69, 9.17) is 4.74 Å². The summed E-state index contributed by atoms with van der Waals surface area (Å²) in [5, 5.41) is 0. The van der Waals surface area contributed by atoms with Crippen LogP contribution in [0.4, 0.5) is 0 Å². The van der Waals surface area contributed by atoms with Crippen LogP contribution in [0.15, 0.2) is 24.3 Å². The van der Waals surface area contributed by atoms with Crippen LogP contribution < -0.4 is 0 Å². The van der Waals surface area contributed by atoms with E-state index in [-0.39, 0.29) is 31.0 Å². The average Bonchev–Trinajstić information content (AvgIpc) is 2.46. The maximum atomic E-state index is 11.8. The number of hydrogen-bond acceptors (Lipinski definition) is 4. The summed E-state index contributed by atoms with van der Waals surface area (Å²) in [6, 6.07) is 6.77. The van der Waals surface area contributed by atoms with Crippen molar-refractivity contribution in [1.82, 2.24) is 0 Å². The van der Waals surface area contributed by atoms with Gasteiger partial charge < -0.3 is 9.53 Å². The highest BCUT2D eigenvalue weighted by Crippen LogP contribution is 2.08. The minimum absolute atomic E-state index is 0.0908. The van der Waals surface area contributed by atoms with Crippen molar-refractivity contribution < 1.29 is 19.1 Å². The molecule has 20 heavy (non-hydrogen) atoms. The Morgan fingerprint density at radius 1 is 1.20 bits per heavy atom. The summed E-state index contributed by atoms with van der Waals surface area (Å²) < 4.78 is 4.76. The Kier molecular flexibility index (Phi) is 6.77. The number of esters is 1. The largest absolute Gasteiger partial charge is 0.466 e. The Balaban J connectivity index is 2.56. The van der Waals surface area contributed by atoms with E-state index in [2.05, 4.69) is 11.8 Å². The van der Waals surface area contributed by atoms with E-state index in [0.29, 0.717) is 12.2 Å². The molecule has 0 aliphatic rings. The summed E-state index contributed by atoms with van der Waals surface area (Å²) in [7, 11) is 0. The van der Waals surface area contributed by atoms with Gasteiger partial charge in [0.25, 0.3) is 0 Å². The molecule has 0 fully saturated rings. The Bertz CT molecular complexity index is 532. The predicted octanol–water partition coefficient (Wildman–Crippen LogP) is 2.15. The molecule has 104 valence electrons. The molecule has 0 heterocycles. The topological polar surface area (TPSA) is 60.4 Å². The van der Waals surface area contributed by atoms with Gasteiger partial charge in [-0.05, 0) is 19.1 Å². The summed E-state index contributed by atoms with van der Waals surface area (Å²) in [5.41, 5.74) is 1.28. The maximum absolute atomic E-state index is 11.8. The van der Waals surface area contributed by atoms with Crippen LogP contribution in [-0.4, -0.2) is 24.6 Å². The standard InChI is InChI=1S/C16H16O4/c1-2-20-16(19)11-10-15(18)14-8-6-13(7-9-14)5-3-4-12-17/h6-9,12H,2,4,10-11H2,1H3. The average molecular weight is 272 g/mol. The number of carbonyl (C=O) groups excluding carboxylic acids is 3. The fourth-order valence-electron chi connectivity index (χ4n) is 1.53. The molecule has 1 rings (SSSR count). The van der Waals surface area contributed by atoms with Crippen molar-refractivity contribution in [2.24, 2.45) is 0 Å². The molecule has 0 N–H and O–H groups in total. The van der Waals surface area contributed by atoms with Crippen molar-refractivity contribution in [2.75, 3.05) is 6.61 Å². The van der Waals surface area contributed by atoms with Gasteiger partial charge in [0.2, 0.25) is 0 Å². The minimum Gasteiger partial charge on any atom is -0.466 e. The number of ketones is 1. The molecule has 0 atom stereocenters. The first-order valence-electron chi connectivity index (χ1n) is 6.38. The third-order valence-electron chi connectivity index (χ3n) is 2.49. The summed E-state index contributed by atoms with van der Waals surface area (Å²) in [5.74, 6) is 5.03. The lowest BCUT2D eigenvalue weighted by molar-refractivity contribution is -0.143. The van der Waals surface area contributed by atoms with Crippen molar-refractivity contribution in [3.63, 3.8) is 0 Å². The lowest BCUT2D eigenvalue weighted by Gasteiger charge is -2.02. The van der Waals surface area contributed by atoms with E-state index in [1.807, 2.05) is 0 Å². The van der Waals surface area contributed by atoms with E-state index < -0.39 is 0 Å². The lowest BCUT2D eigenvalue weighted by atomic mass is 10.0. The highest BCUT2D eigenvalue weighted by molar-refractivity contribution is 5.97. The molecule has 0 bridgehead atoms. The summed E-state index contributed by atoms with van der Waals surface area (Å²) in [6.45, 7) is 2.05. The molecule has 0 aliphatic carbocycles. The van der Waals surface area contributed by atoms with Crippen LogP contribution >= 0.6 is 0 Å². The molecule has 0 unspecified atom stereocenters. The molecular weight excluding hydrogens is 256 g/mol. The van der Waals surface area contributed by atoms with Crippen LogP contribution in [0.2, 0.25) is 0 Å². The van der Waals surface area contributed by atoms with Crippen molar-refractivity contribution >= 4 is 18.0 Å². The van der Waals surface area contributed by atoms with Crippen LogP contribution in [0.3, 0.4) is 0 Å². The van der Waals surface area contributed by atoms with E-state index >= 15 is 0 Å². The van der Waals surface area contributed by atoms with Crippen LogP contribution in [0.1, 0.15) is 42.1 Å². The number of benzene rings is 1. The van der Waals surface area contributed by atoms with Crippen molar-refractivity contribution in [3.05, 3.63) is 35.4 Å². The first-order valence-corrected chi connectivity index (χ1v) is 6.38. The third kappa shape index (κ3) is 5.49. The van der Waals surface area contributed by atoms with Gasteiger partial charge in [-0.15, -0.1) is 0 Å². The number of carbonyl (C=O) groups is 3. The number of rotatable bonds is 6. The van der Waals surface area contributed by atoms with Gasteiger partial charge in [-0.3, -0.25) is 9.59 Å². The van der Waals surface area contributed by atoms with Gasteiger partial charge >= 0.3 is 5.97 Å². The Morgan fingerprint density at radius 2 is 1.90 bits per heavy atom. The van der Waals surface area contributed by atoms with Gasteiger partial charge in [0, 0.05) is 17.5 Å². The molecule has 4 nitrogen and oxygen atoms in total. The molecule has 4 heteroatoms. The Morgan fingerprint density at radius 3 is 2.50 bits per heavy atom. The SMILES string of the molecule is CCOC(=O)CCC(=O)c1ccc(C#CCC=O)cc1. The zero-order chi connectivity index (χ0) is 14.8. The van der Waals surface area contributed by atoms with Crippen molar-refractivity contribution in [3.8, 4) is 11.8 Å². The van der Waals surface area contributed by atoms with Crippen molar-refractivity contribution in [2.45, 2.75) is 26.2 Å². The van der Waals surface area contributed by atoms with Gasteiger partial charge in [-0.2, -0.15) is 0 Å². The number of hydrogen-bond donors (Lipinski definition) is 0. The molecule has 0 aromatic heterocycles. The van der Waals surface area contributed by atoms with Crippen LogP contribution in [0, 0.1) is 11.8 Å². The quantitative estimate of drug-likeness (QED) is 0.344. The molecule has 0 saturated heterocycles. The normalized spacial score (nSPS) is 9.25. The number of Topliss-reactive ketones (excluding diaryl/α,β-unsaturated/α-hetero) is 1. The van der Waals surface area contributed by atoms with Gasteiger partial charge in [-0.25, -0.2) is 0 Å². The number of aldehydes is 1. The molecule has 0 spiro atoms. The van der Waals surface area contributed by atoms with Crippen LogP contribution in [-0.2, 0) is 14.3 Å². The molecular formula is C16H16O4. The minimum atomic E-state index is -0.364. The van der Waals surface area contributed by atoms with E-state index in [9.17, 15) is 14.4 Å². The molecule has 0 amide bonds. The van der Waals surface area contributed by atoms with Crippen molar-refractivity contribution in [1.29, 1.82) is 0 Å². The molecule has 0 saturated carbocycles. The van der Waals surface area contributed by atoms with E-state index in [0.717, 1.165) is 11.8 Å². The zero-order valence-electron chi connectivity index (χ0n) is 11.3. The van der Waals surface area contributed by atoms with Gasteiger partial charge in [-0.1, -0.05) is 24.0 Å².